The molecule has 100 valence electrons. The van der Waals surface area contributed by atoms with Crippen molar-refractivity contribution < 1.29 is 9.66 Å². The molecule has 1 heterocycles. The van der Waals surface area contributed by atoms with Gasteiger partial charge in [0.1, 0.15) is 5.75 Å². The second-order valence-electron chi connectivity index (χ2n) is 4.03. The minimum atomic E-state index is -0.412. The Morgan fingerprint density at radius 2 is 2.11 bits per heavy atom. The van der Waals surface area contributed by atoms with Crippen LogP contribution in [0, 0.1) is 10.1 Å². The molecule has 0 saturated heterocycles. The first-order valence-electron chi connectivity index (χ1n) is 5.73. The molecule has 5 nitrogen and oxygen atoms in total. The predicted octanol–water partition coefficient (Wildman–Crippen LogP) is 2.95. The van der Waals surface area contributed by atoms with Crippen molar-refractivity contribution in [2.45, 2.75) is 13.1 Å². The summed E-state index contributed by atoms with van der Waals surface area (Å²) in [6.07, 6.45) is 0. The molecule has 0 amide bonds. The first-order valence-corrected chi connectivity index (χ1v) is 6.67. The second kappa shape index (κ2) is 6.31. The van der Waals surface area contributed by atoms with E-state index in [2.05, 4.69) is 10.7 Å². The van der Waals surface area contributed by atoms with Crippen LogP contribution in [0.15, 0.2) is 35.0 Å². The predicted molar refractivity (Wildman–Crippen MR) is 74.5 cm³/mol. The smallest absolute Gasteiger partial charge is 0.273 e. The Morgan fingerprint density at radius 1 is 1.32 bits per heavy atom. The highest BCUT2D eigenvalue weighted by molar-refractivity contribution is 7.07. The number of nitro groups is 1. The lowest BCUT2D eigenvalue weighted by molar-refractivity contribution is -0.385. The van der Waals surface area contributed by atoms with E-state index in [4.69, 9.17) is 4.74 Å². The number of rotatable bonds is 6. The molecular formula is C13H14N2O3S. The fraction of sp³-hybridized carbons (Fsp3) is 0.231. The number of hydrogen-bond acceptors (Lipinski definition) is 5. The number of methoxy groups -OCH3 is 1. The molecule has 0 saturated carbocycles. The van der Waals surface area contributed by atoms with Gasteiger partial charge >= 0.3 is 0 Å². The molecule has 0 fully saturated rings. The van der Waals surface area contributed by atoms with Crippen molar-refractivity contribution >= 4 is 17.0 Å². The minimum absolute atomic E-state index is 0.0479. The summed E-state index contributed by atoms with van der Waals surface area (Å²) < 4.78 is 5.07. The molecule has 0 aliphatic rings. The van der Waals surface area contributed by atoms with E-state index >= 15 is 0 Å². The fourth-order valence-electron chi connectivity index (χ4n) is 1.71. The van der Waals surface area contributed by atoms with Crippen molar-refractivity contribution in [3.05, 3.63) is 56.3 Å². The van der Waals surface area contributed by atoms with Crippen LogP contribution in [-0.4, -0.2) is 12.0 Å². The van der Waals surface area contributed by atoms with Crippen LogP contribution in [0.1, 0.15) is 11.1 Å². The molecule has 0 aliphatic carbocycles. The Hall–Kier alpha value is -1.92. The largest absolute Gasteiger partial charge is 0.496 e. The summed E-state index contributed by atoms with van der Waals surface area (Å²) in [5, 5.41) is 18.2. The molecule has 2 aromatic rings. The van der Waals surface area contributed by atoms with Crippen molar-refractivity contribution in [2.75, 3.05) is 7.11 Å². The van der Waals surface area contributed by atoms with Gasteiger partial charge in [-0.05, 0) is 34.0 Å². The quantitative estimate of drug-likeness (QED) is 0.651. The van der Waals surface area contributed by atoms with Crippen LogP contribution in [0.25, 0.3) is 0 Å². The van der Waals surface area contributed by atoms with Crippen LogP contribution in [0.2, 0.25) is 0 Å². The number of nitrogens with zero attached hydrogens (tertiary/aromatic N) is 1. The zero-order valence-corrected chi connectivity index (χ0v) is 11.3. The van der Waals surface area contributed by atoms with Gasteiger partial charge in [0.05, 0.1) is 18.1 Å². The highest BCUT2D eigenvalue weighted by Gasteiger charge is 2.09. The van der Waals surface area contributed by atoms with Gasteiger partial charge in [-0.25, -0.2) is 0 Å². The van der Waals surface area contributed by atoms with Gasteiger partial charge in [-0.1, -0.05) is 0 Å². The molecule has 2 rings (SSSR count). The summed E-state index contributed by atoms with van der Waals surface area (Å²) in [7, 11) is 1.50. The molecule has 0 unspecified atom stereocenters. The van der Waals surface area contributed by atoms with Crippen LogP contribution in [0.3, 0.4) is 0 Å². The molecule has 0 radical (unpaired) electrons. The van der Waals surface area contributed by atoms with Crippen LogP contribution < -0.4 is 10.1 Å². The Bertz CT molecular complexity index is 555. The molecule has 0 bridgehead atoms. The van der Waals surface area contributed by atoms with Crippen molar-refractivity contribution in [2.24, 2.45) is 0 Å². The van der Waals surface area contributed by atoms with E-state index < -0.39 is 4.92 Å². The van der Waals surface area contributed by atoms with E-state index in [-0.39, 0.29) is 5.69 Å². The number of nitro benzene ring substituents is 1. The van der Waals surface area contributed by atoms with Crippen molar-refractivity contribution in [3.8, 4) is 5.75 Å². The number of non-ortho nitro benzene ring substituents is 1. The van der Waals surface area contributed by atoms with Crippen LogP contribution in [-0.2, 0) is 13.1 Å². The zero-order valence-electron chi connectivity index (χ0n) is 10.5. The summed E-state index contributed by atoms with van der Waals surface area (Å²) in [6, 6.07) is 6.82. The van der Waals surface area contributed by atoms with Gasteiger partial charge in [0.2, 0.25) is 0 Å². The zero-order chi connectivity index (χ0) is 13.7. The van der Waals surface area contributed by atoms with Gasteiger partial charge in [-0.3, -0.25) is 10.1 Å². The third-order valence-electron chi connectivity index (χ3n) is 2.64. The lowest BCUT2D eigenvalue weighted by atomic mass is 10.2. The number of benzene rings is 1. The lowest BCUT2D eigenvalue weighted by Gasteiger charge is -2.06. The third kappa shape index (κ3) is 3.77. The van der Waals surface area contributed by atoms with Gasteiger partial charge in [0, 0.05) is 19.2 Å². The van der Waals surface area contributed by atoms with Gasteiger partial charge < -0.3 is 10.1 Å². The van der Waals surface area contributed by atoms with Crippen LogP contribution in [0.4, 0.5) is 5.69 Å². The van der Waals surface area contributed by atoms with Crippen molar-refractivity contribution in [1.29, 1.82) is 0 Å². The van der Waals surface area contributed by atoms with Crippen LogP contribution >= 0.6 is 11.3 Å². The fourth-order valence-corrected chi connectivity index (χ4v) is 2.38. The molecule has 1 N–H and O–H groups in total. The molecule has 19 heavy (non-hydrogen) atoms. The monoisotopic (exact) mass is 278 g/mol. The Morgan fingerprint density at radius 3 is 2.74 bits per heavy atom. The molecule has 0 aliphatic heterocycles. The number of nitrogens with one attached hydrogen (secondary N) is 1. The minimum Gasteiger partial charge on any atom is -0.496 e. The SMILES string of the molecule is COc1cc(CNCc2ccsc2)cc([N+](=O)[O-])c1. The highest BCUT2D eigenvalue weighted by atomic mass is 32.1. The van der Waals surface area contributed by atoms with E-state index in [1.54, 1.807) is 23.5 Å². The van der Waals surface area contributed by atoms with Gasteiger partial charge in [-0.2, -0.15) is 11.3 Å². The van der Waals surface area contributed by atoms with Crippen molar-refractivity contribution in [3.63, 3.8) is 0 Å². The Labute approximate surface area is 115 Å². The lowest BCUT2D eigenvalue weighted by Crippen LogP contribution is -2.12. The summed E-state index contributed by atoms with van der Waals surface area (Å²) in [5.41, 5.74) is 2.09. The van der Waals surface area contributed by atoms with Gasteiger partial charge in [-0.15, -0.1) is 0 Å². The second-order valence-corrected chi connectivity index (χ2v) is 4.81. The van der Waals surface area contributed by atoms with E-state index in [9.17, 15) is 10.1 Å². The first-order chi connectivity index (χ1) is 9.19. The maximum Gasteiger partial charge on any atom is 0.273 e. The van der Waals surface area contributed by atoms with E-state index in [1.165, 1.54) is 18.7 Å². The van der Waals surface area contributed by atoms with Crippen molar-refractivity contribution in [1.82, 2.24) is 5.32 Å². The standard InChI is InChI=1S/C13H14N2O3S/c1-18-13-5-11(4-12(6-13)15(16)17)8-14-7-10-2-3-19-9-10/h2-6,9,14H,7-8H2,1H3. The normalized spacial score (nSPS) is 10.4. The van der Waals surface area contributed by atoms with Gasteiger partial charge in [0.15, 0.2) is 0 Å². The number of ether oxygens (including phenoxy) is 1. The number of thiophene rings is 1. The average molecular weight is 278 g/mol. The Kier molecular flexibility index (Phi) is 4.48. The maximum absolute atomic E-state index is 10.8. The van der Waals surface area contributed by atoms with E-state index in [1.807, 2.05) is 11.4 Å². The molecular weight excluding hydrogens is 264 g/mol. The summed E-state index contributed by atoms with van der Waals surface area (Å²) in [6.45, 7) is 1.31. The highest BCUT2D eigenvalue weighted by Crippen LogP contribution is 2.22. The molecule has 0 atom stereocenters. The summed E-state index contributed by atoms with van der Waals surface area (Å²) in [5.74, 6) is 0.501. The van der Waals surface area contributed by atoms with Gasteiger partial charge in [0.25, 0.3) is 5.69 Å². The van der Waals surface area contributed by atoms with E-state index in [0.717, 1.165) is 12.1 Å². The summed E-state index contributed by atoms with van der Waals surface area (Å²) >= 11 is 1.65. The molecule has 1 aromatic carbocycles. The molecule has 6 heteroatoms. The maximum atomic E-state index is 10.8. The molecule has 0 spiro atoms. The summed E-state index contributed by atoms with van der Waals surface area (Å²) in [4.78, 5) is 10.4. The first kappa shape index (κ1) is 13.5. The third-order valence-corrected chi connectivity index (χ3v) is 3.37. The van der Waals surface area contributed by atoms with E-state index in [0.29, 0.717) is 12.3 Å². The average Bonchev–Trinajstić information content (AvgIpc) is 2.91. The Balaban J connectivity index is 2.02. The number of hydrogen-bond donors (Lipinski definition) is 1. The van der Waals surface area contributed by atoms with Crippen LogP contribution in [0.5, 0.6) is 5.75 Å². The topological polar surface area (TPSA) is 64.4 Å². The molecule has 1 aromatic heterocycles.